The zero-order valence-corrected chi connectivity index (χ0v) is 12.9. The van der Waals surface area contributed by atoms with E-state index in [1.54, 1.807) is 14.2 Å². The van der Waals surface area contributed by atoms with Crippen LogP contribution < -0.4 is 9.47 Å². The summed E-state index contributed by atoms with van der Waals surface area (Å²) in [5.41, 5.74) is 1.06. The van der Waals surface area contributed by atoms with Crippen LogP contribution in [0.15, 0.2) is 18.2 Å². The number of methoxy groups -OCH3 is 2. The van der Waals surface area contributed by atoms with Gasteiger partial charge in [-0.1, -0.05) is 33.8 Å². The van der Waals surface area contributed by atoms with Crippen molar-refractivity contribution in [2.24, 2.45) is 11.3 Å². The molecular weight excluding hydrogens is 240 g/mol. The van der Waals surface area contributed by atoms with E-state index in [0.717, 1.165) is 12.0 Å². The van der Waals surface area contributed by atoms with Crippen molar-refractivity contribution in [1.29, 1.82) is 0 Å². The summed E-state index contributed by atoms with van der Waals surface area (Å²) < 4.78 is 10.5. The Balaban J connectivity index is 2.85. The third kappa shape index (κ3) is 4.13. The van der Waals surface area contributed by atoms with Crippen LogP contribution in [0.25, 0.3) is 0 Å². The Bertz CT molecular complexity index is 407. The van der Waals surface area contributed by atoms with Crippen molar-refractivity contribution in [2.45, 2.75) is 40.2 Å². The van der Waals surface area contributed by atoms with Crippen LogP contribution in [-0.4, -0.2) is 19.3 Å². The first kappa shape index (κ1) is 15.8. The van der Waals surface area contributed by atoms with Gasteiger partial charge in [0.25, 0.3) is 0 Å². The summed E-state index contributed by atoms with van der Waals surface area (Å²) in [6, 6.07) is 5.57. The predicted octanol–water partition coefficient (Wildman–Crippen LogP) is 3.81. The van der Waals surface area contributed by atoms with Crippen molar-refractivity contribution >= 4 is 0 Å². The van der Waals surface area contributed by atoms with Gasteiger partial charge in [0.05, 0.1) is 20.3 Å². The number of aliphatic hydroxyl groups excluding tert-OH is 1. The van der Waals surface area contributed by atoms with Crippen LogP contribution >= 0.6 is 0 Å². The molecule has 108 valence electrons. The molecule has 3 nitrogen and oxygen atoms in total. The Kier molecular flexibility index (Phi) is 5.24. The Morgan fingerprint density at radius 3 is 2.16 bits per heavy atom. The quantitative estimate of drug-likeness (QED) is 0.880. The van der Waals surface area contributed by atoms with E-state index >= 15 is 0 Å². The molecule has 0 aromatic heterocycles. The second kappa shape index (κ2) is 6.29. The highest BCUT2D eigenvalue weighted by Gasteiger charge is 2.23. The molecule has 0 heterocycles. The van der Waals surface area contributed by atoms with Crippen LogP contribution in [0, 0.1) is 11.3 Å². The van der Waals surface area contributed by atoms with E-state index in [1.807, 2.05) is 18.2 Å². The molecule has 0 fully saturated rings. The number of rotatable bonds is 5. The number of ether oxygens (including phenoxy) is 2. The lowest BCUT2D eigenvalue weighted by Gasteiger charge is -2.29. The minimum absolute atomic E-state index is 0.192. The van der Waals surface area contributed by atoms with Crippen molar-refractivity contribution in [3.8, 4) is 11.5 Å². The number of aliphatic hydroxyl groups is 1. The zero-order chi connectivity index (χ0) is 14.6. The van der Waals surface area contributed by atoms with Gasteiger partial charge in [-0.25, -0.2) is 0 Å². The summed E-state index contributed by atoms with van der Waals surface area (Å²) in [4.78, 5) is 0. The smallest absolute Gasteiger partial charge is 0.161 e. The molecule has 1 aromatic carbocycles. The minimum atomic E-state index is -0.478. The molecule has 19 heavy (non-hydrogen) atoms. The summed E-state index contributed by atoms with van der Waals surface area (Å²) in [5, 5.41) is 10.3. The lowest BCUT2D eigenvalue weighted by Crippen LogP contribution is -2.19. The normalized spacial score (nSPS) is 14.9. The molecule has 0 radical (unpaired) electrons. The zero-order valence-electron chi connectivity index (χ0n) is 12.9. The van der Waals surface area contributed by atoms with E-state index in [9.17, 15) is 5.11 Å². The molecule has 0 aliphatic carbocycles. The van der Waals surface area contributed by atoms with Crippen molar-refractivity contribution in [2.75, 3.05) is 14.2 Å². The third-order valence-electron chi connectivity index (χ3n) is 3.85. The Morgan fingerprint density at radius 1 is 1.11 bits per heavy atom. The predicted molar refractivity (Wildman–Crippen MR) is 77.7 cm³/mol. The van der Waals surface area contributed by atoms with Crippen molar-refractivity contribution in [3.05, 3.63) is 23.8 Å². The topological polar surface area (TPSA) is 38.7 Å². The van der Waals surface area contributed by atoms with E-state index < -0.39 is 6.10 Å². The molecule has 1 N–H and O–H groups in total. The fourth-order valence-corrected chi connectivity index (χ4v) is 1.88. The van der Waals surface area contributed by atoms with E-state index in [0.29, 0.717) is 17.4 Å². The number of hydrogen-bond donors (Lipinski definition) is 1. The van der Waals surface area contributed by atoms with Crippen LogP contribution in [0.3, 0.4) is 0 Å². The van der Waals surface area contributed by atoms with E-state index in [1.165, 1.54) is 0 Å². The molecule has 2 atom stereocenters. The van der Waals surface area contributed by atoms with E-state index in [-0.39, 0.29) is 5.41 Å². The second-order valence-corrected chi connectivity index (χ2v) is 6.13. The molecule has 0 aliphatic heterocycles. The van der Waals surface area contributed by atoms with Crippen LogP contribution in [0.1, 0.15) is 45.8 Å². The summed E-state index contributed by atoms with van der Waals surface area (Å²) in [6.07, 6.45) is 0.257. The molecule has 0 saturated carbocycles. The molecule has 0 bridgehead atoms. The first-order valence-electron chi connectivity index (χ1n) is 6.69. The first-order valence-corrected chi connectivity index (χ1v) is 6.69. The van der Waals surface area contributed by atoms with Crippen molar-refractivity contribution in [1.82, 2.24) is 0 Å². The summed E-state index contributed by atoms with van der Waals surface area (Å²) in [5.74, 6) is 1.76. The lowest BCUT2D eigenvalue weighted by molar-refractivity contribution is 0.110. The largest absolute Gasteiger partial charge is 0.493 e. The number of hydrogen-bond acceptors (Lipinski definition) is 3. The molecule has 0 spiro atoms. The van der Waals surface area contributed by atoms with Crippen molar-refractivity contribution in [3.63, 3.8) is 0 Å². The molecule has 1 rings (SSSR count). The standard InChI is InChI=1S/C16H26O3/c1-11(16(2,3)4)9-13(17)12-7-8-14(18-5)15(10-12)19-6/h7-8,10-11,13,17H,9H2,1-6H3. The Morgan fingerprint density at radius 2 is 1.68 bits per heavy atom. The fourth-order valence-electron chi connectivity index (χ4n) is 1.88. The average Bonchev–Trinajstić information content (AvgIpc) is 2.36. The molecule has 3 heteroatoms. The monoisotopic (exact) mass is 266 g/mol. The fraction of sp³-hybridized carbons (Fsp3) is 0.625. The maximum atomic E-state index is 10.3. The molecule has 1 aromatic rings. The van der Waals surface area contributed by atoms with Gasteiger partial charge >= 0.3 is 0 Å². The second-order valence-electron chi connectivity index (χ2n) is 6.13. The molecule has 0 saturated heterocycles. The van der Waals surface area contributed by atoms with Gasteiger partial charge in [0.1, 0.15) is 0 Å². The number of benzene rings is 1. The van der Waals surface area contributed by atoms with Gasteiger partial charge < -0.3 is 14.6 Å². The van der Waals surface area contributed by atoms with Crippen LogP contribution in [-0.2, 0) is 0 Å². The van der Waals surface area contributed by atoms with Gasteiger partial charge in [-0.3, -0.25) is 0 Å². The van der Waals surface area contributed by atoms with E-state index in [4.69, 9.17) is 9.47 Å². The van der Waals surface area contributed by atoms with Gasteiger partial charge in [0, 0.05) is 0 Å². The first-order chi connectivity index (χ1) is 8.79. The summed E-state index contributed by atoms with van der Waals surface area (Å²) in [6.45, 7) is 8.75. The van der Waals surface area contributed by atoms with Gasteiger partial charge in [-0.15, -0.1) is 0 Å². The SMILES string of the molecule is COc1ccc(C(O)CC(C)C(C)(C)C)cc1OC. The van der Waals surface area contributed by atoms with E-state index in [2.05, 4.69) is 27.7 Å². The molecule has 2 unspecified atom stereocenters. The maximum Gasteiger partial charge on any atom is 0.161 e. The van der Waals surface area contributed by atoms with Crippen molar-refractivity contribution < 1.29 is 14.6 Å². The van der Waals surface area contributed by atoms with Gasteiger partial charge in [0.2, 0.25) is 0 Å². The lowest BCUT2D eigenvalue weighted by atomic mass is 9.78. The third-order valence-corrected chi connectivity index (χ3v) is 3.85. The molecule has 0 amide bonds. The molecule has 0 aliphatic rings. The van der Waals surface area contributed by atoms with Gasteiger partial charge in [-0.2, -0.15) is 0 Å². The molecular formula is C16H26O3. The Labute approximate surface area is 116 Å². The van der Waals surface area contributed by atoms with Crippen LogP contribution in [0.5, 0.6) is 11.5 Å². The minimum Gasteiger partial charge on any atom is -0.493 e. The highest BCUT2D eigenvalue weighted by Crippen LogP contribution is 2.36. The van der Waals surface area contributed by atoms with Crippen LogP contribution in [0.2, 0.25) is 0 Å². The van der Waals surface area contributed by atoms with Gasteiger partial charge in [-0.05, 0) is 35.4 Å². The Hall–Kier alpha value is -1.22. The maximum absolute atomic E-state index is 10.3. The summed E-state index contributed by atoms with van der Waals surface area (Å²) in [7, 11) is 3.21. The summed E-state index contributed by atoms with van der Waals surface area (Å²) >= 11 is 0. The van der Waals surface area contributed by atoms with Gasteiger partial charge in [0.15, 0.2) is 11.5 Å². The highest BCUT2D eigenvalue weighted by atomic mass is 16.5. The highest BCUT2D eigenvalue weighted by molar-refractivity contribution is 5.43. The average molecular weight is 266 g/mol. The van der Waals surface area contributed by atoms with Crippen LogP contribution in [0.4, 0.5) is 0 Å².